The Bertz CT molecular complexity index is 435. The number of likely N-dealkylation sites (tertiary alicyclic amines) is 1. The first-order valence-electron chi connectivity index (χ1n) is 6.77. The van der Waals surface area contributed by atoms with Crippen molar-refractivity contribution in [2.75, 3.05) is 26.7 Å². The molecule has 0 spiro atoms. The predicted octanol–water partition coefficient (Wildman–Crippen LogP) is 3.07. The van der Waals surface area contributed by atoms with E-state index in [2.05, 4.69) is 33.2 Å². The fourth-order valence-electron chi connectivity index (χ4n) is 2.53. The van der Waals surface area contributed by atoms with Gasteiger partial charge in [-0.05, 0) is 67.3 Å². The van der Waals surface area contributed by atoms with Crippen LogP contribution in [0, 0.1) is 5.92 Å². The van der Waals surface area contributed by atoms with Crippen LogP contribution in [0.4, 0.5) is 0 Å². The van der Waals surface area contributed by atoms with Gasteiger partial charge in [0.05, 0.1) is 9.70 Å². The molecule has 2 atom stereocenters. The molecule has 1 fully saturated rings. The predicted molar refractivity (Wildman–Crippen MR) is 83.7 cm³/mol. The zero-order chi connectivity index (χ0) is 13.8. The van der Waals surface area contributed by atoms with Gasteiger partial charge in [-0.2, -0.15) is 0 Å². The lowest BCUT2D eigenvalue weighted by Crippen LogP contribution is -2.40. The summed E-state index contributed by atoms with van der Waals surface area (Å²) in [6.45, 7) is 5.06. The molecule has 1 saturated heterocycles. The minimum Gasteiger partial charge on any atom is -0.355 e. The molecule has 0 bridgehead atoms. The van der Waals surface area contributed by atoms with Gasteiger partial charge in [0.1, 0.15) is 0 Å². The lowest BCUT2D eigenvalue weighted by atomic mass is 9.98. The van der Waals surface area contributed by atoms with E-state index in [0.29, 0.717) is 5.92 Å². The molecule has 19 heavy (non-hydrogen) atoms. The van der Waals surface area contributed by atoms with E-state index in [1.165, 1.54) is 19.4 Å². The number of hydrogen-bond donors (Lipinski definition) is 1. The molecular formula is C14H21BrN2OS. The van der Waals surface area contributed by atoms with Gasteiger partial charge in [-0.15, -0.1) is 11.3 Å². The molecule has 0 unspecified atom stereocenters. The summed E-state index contributed by atoms with van der Waals surface area (Å²) in [5.74, 6) is 0.685. The standard InChI is InChI=1S/C14H21BrN2OS/c1-10(12-5-6-13(15)19-12)14(18)16-8-11-4-3-7-17(2)9-11/h5-6,10-11H,3-4,7-9H2,1-2H3,(H,16,18)/t10-,11-/m0/s1. The number of carbonyl (C=O) groups excluding carboxylic acids is 1. The lowest BCUT2D eigenvalue weighted by Gasteiger charge is -2.29. The van der Waals surface area contributed by atoms with E-state index in [-0.39, 0.29) is 11.8 Å². The molecule has 1 aliphatic rings. The molecule has 0 aromatic carbocycles. The third-order valence-electron chi connectivity index (χ3n) is 3.70. The Labute approximate surface area is 127 Å². The van der Waals surface area contributed by atoms with Crippen LogP contribution in [0.25, 0.3) is 0 Å². The quantitative estimate of drug-likeness (QED) is 0.910. The van der Waals surface area contributed by atoms with Crippen LogP contribution in [0.1, 0.15) is 30.6 Å². The van der Waals surface area contributed by atoms with Crippen LogP contribution in [0.5, 0.6) is 0 Å². The van der Waals surface area contributed by atoms with Gasteiger partial charge in [0.2, 0.25) is 5.91 Å². The second kappa shape index (κ2) is 6.86. The maximum atomic E-state index is 12.1. The van der Waals surface area contributed by atoms with Crippen molar-refractivity contribution in [1.29, 1.82) is 0 Å². The van der Waals surface area contributed by atoms with Crippen molar-refractivity contribution in [3.05, 3.63) is 20.8 Å². The average molecular weight is 345 g/mol. The van der Waals surface area contributed by atoms with Gasteiger partial charge in [0.15, 0.2) is 0 Å². The number of carbonyl (C=O) groups is 1. The summed E-state index contributed by atoms with van der Waals surface area (Å²) in [6.07, 6.45) is 2.47. The smallest absolute Gasteiger partial charge is 0.228 e. The molecule has 0 aliphatic carbocycles. The maximum Gasteiger partial charge on any atom is 0.228 e. The second-order valence-electron chi connectivity index (χ2n) is 5.38. The highest BCUT2D eigenvalue weighted by molar-refractivity contribution is 9.11. The normalized spacial score (nSPS) is 22.2. The number of nitrogens with zero attached hydrogens (tertiary/aromatic N) is 1. The van der Waals surface area contributed by atoms with Crippen LogP contribution in [0.2, 0.25) is 0 Å². The number of thiophene rings is 1. The fourth-order valence-corrected chi connectivity index (χ4v) is 4.00. The highest BCUT2D eigenvalue weighted by atomic mass is 79.9. The Kier molecular flexibility index (Phi) is 5.42. The topological polar surface area (TPSA) is 32.3 Å². The van der Waals surface area contributed by atoms with Crippen molar-refractivity contribution in [3.63, 3.8) is 0 Å². The number of hydrogen-bond acceptors (Lipinski definition) is 3. The number of piperidine rings is 1. The van der Waals surface area contributed by atoms with Gasteiger partial charge in [0, 0.05) is 18.0 Å². The van der Waals surface area contributed by atoms with E-state index < -0.39 is 0 Å². The first-order valence-corrected chi connectivity index (χ1v) is 8.38. The maximum absolute atomic E-state index is 12.1. The highest BCUT2D eigenvalue weighted by Gasteiger charge is 2.21. The van der Waals surface area contributed by atoms with E-state index in [1.54, 1.807) is 11.3 Å². The van der Waals surface area contributed by atoms with Gasteiger partial charge >= 0.3 is 0 Å². The summed E-state index contributed by atoms with van der Waals surface area (Å²) in [5, 5.41) is 3.11. The van der Waals surface area contributed by atoms with Crippen molar-refractivity contribution in [3.8, 4) is 0 Å². The molecule has 1 aromatic heterocycles. The van der Waals surface area contributed by atoms with E-state index in [9.17, 15) is 4.79 Å². The molecule has 2 rings (SSSR count). The third-order valence-corrected chi connectivity index (χ3v) is 5.51. The van der Waals surface area contributed by atoms with E-state index in [0.717, 1.165) is 21.8 Å². The number of rotatable bonds is 4. The summed E-state index contributed by atoms with van der Waals surface area (Å²) in [5.41, 5.74) is 0. The summed E-state index contributed by atoms with van der Waals surface area (Å²) in [7, 11) is 2.15. The molecule has 1 aromatic rings. The fraction of sp³-hybridized carbons (Fsp3) is 0.643. The van der Waals surface area contributed by atoms with Gasteiger partial charge < -0.3 is 10.2 Å². The SMILES string of the molecule is C[C@H](C(=O)NC[C@@H]1CCCN(C)C1)c1ccc(Br)s1. The van der Waals surface area contributed by atoms with Gasteiger partial charge in [0.25, 0.3) is 0 Å². The first-order chi connectivity index (χ1) is 9.06. The van der Waals surface area contributed by atoms with Gasteiger partial charge in [-0.3, -0.25) is 4.79 Å². The van der Waals surface area contributed by atoms with E-state index in [1.807, 2.05) is 19.1 Å². The molecular weight excluding hydrogens is 324 g/mol. The Balaban J connectivity index is 1.80. The minimum atomic E-state index is -0.0578. The van der Waals surface area contributed by atoms with Crippen molar-refractivity contribution in [2.24, 2.45) is 5.92 Å². The Morgan fingerprint density at radius 3 is 3.05 bits per heavy atom. The van der Waals surface area contributed by atoms with Crippen LogP contribution >= 0.6 is 27.3 Å². The van der Waals surface area contributed by atoms with E-state index in [4.69, 9.17) is 0 Å². The Hall–Kier alpha value is -0.390. The monoisotopic (exact) mass is 344 g/mol. The van der Waals surface area contributed by atoms with Crippen LogP contribution in [0.3, 0.4) is 0 Å². The van der Waals surface area contributed by atoms with E-state index >= 15 is 0 Å². The van der Waals surface area contributed by atoms with Crippen LogP contribution < -0.4 is 5.32 Å². The molecule has 106 valence electrons. The molecule has 1 amide bonds. The highest BCUT2D eigenvalue weighted by Crippen LogP contribution is 2.28. The second-order valence-corrected chi connectivity index (χ2v) is 7.87. The van der Waals surface area contributed by atoms with Crippen molar-refractivity contribution >= 4 is 33.2 Å². The molecule has 1 N–H and O–H groups in total. The van der Waals surface area contributed by atoms with Crippen molar-refractivity contribution < 1.29 is 4.79 Å². The van der Waals surface area contributed by atoms with Crippen molar-refractivity contribution in [2.45, 2.75) is 25.7 Å². The molecule has 0 radical (unpaired) electrons. The summed E-state index contributed by atoms with van der Waals surface area (Å²) < 4.78 is 1.08. The summed E-state index contributed by atoms with van der Waals surface area (Å²) >= 11 is 5.07. The van der Waals surface area contributed by atoms with Crippen molar-refractivity contribution in [1.82, 2.24) is 10.2 Å². The first kappa shape index (κ1) is 15.0. The zero-order valence-electron chi connectivity index (χ0n) is 11.5. The van der Waals surface area contributed by atoms with Gasteiger partial charge in [-0.25, -0.2) is 0 Å². The number of amides is 1. The molecule has 2 heterocycles. The zero-order valence-corrected chi connectivity index (χ0v) is 13.9. The Morgan fingerprint density at radius 2 is 2.42 bits per heavy atom. The van der Waals surface area contributed by atoms with Crippen LogP contribution in [-0.4, -0.2) is 37.5 Å². The molecule has 5 heteroatoms. The summed E-state index contributed by atoms with van der Waals surface area (Å²) in [6, 6.07) is 4.02. The molecule has 1 aliphatic heterocycles. The number of halogens is 1. The van der Waals surface area contributed by atoms with Crippen LogP contribution in [0.15, 0.2) is 15.9 Å². The third kappa shape index (κ3) is 4.29. The minimum absolute atomic E-state index is 0.0578. The Morgan fingerprint density at radius 1 is 1.63 bits per heavy atom. The van der Waals surface area contributed by atoms with Gasteiger partial charge in [-0.1, -0.05) is 0 Å². The largest absolute Gasteiger partial charge is 0.355 e. The summed E-state index contributed by atoms with van der Waals surface area (Å²) in [4.78, 5) is 15.6. The van der Waals surface area contributed by atoms with Crippen LogP contribution in [-0.2, 0) is 4.79 Å². The average Bonchev–Trinajstić information content (AvgIpc) is 2.82. The number of nitrogens with one attached hydrogen (secondary N) is 1. The molecule has 0 saturated carbocycles. The lowest BCUT2D eigenvalue weighted by molar-refractivity contribution is -0.122. The molecule has 3 nitrogen and oxygen atoms in total.